The topological polar surface area (TPSA) is 67.9 Å². The quantitative estimate of drug-likeness (QED) is 0.775. The minimum atomic E-state index is -0.744. The van der Waals surface area contributed by atoms with Crippen molar-refractivity contribution < 1.29 is 19.2 Å². The lowest BCUT2D eigenvalue weighted by molar-refractivity contribution is -0.157. The Balaban J connectivity index is 2.27. The van der Waals surface area contributed by atoms with Crippen molar-refractivity contribution in [2.24, 2.45) is 5.92 Å². The molecule has 0 aromatic rings. The normalized spacial score (nSPS) is 17.9. The van der Waals surface area contributed by atoms with Crippen LogP contribution < -0.4 is 5.48 Å². The number of nitrogens with one attached hydrogen (secondary N) is 1. The SMILES string of the molecule is CCN1CCC(C(=O)ONC(=O)OC(C)(C)C)CC1. The first-order chi connectivity index (χ1) is 8.81. The summed E-state index contributed by atoms with van der Waals surface area (Å²) < 4.78 is 4.97. The first-order valence-electron chi connectivity index (χ1n) is 6.74. The zero-order chi connectivity index (χ0) is 14.5. The van der Waals surface area contributed by atoms with Gasteiger partial charge in [-0.05, 0) is 53.2 Å². The number of amides is 1. The fraction of sp³-hybridized carbons (Fsp3) is 0.846. The van der Waals surface area contributed by atoms with Crippen molar-refractivity contribution in [3.8, 4) is 0 Å². The summed E-state index contributed by atoms with van der Waals surface area (Å²) in [7, 11) is 0. The molecule has 1 N–H and O–H groups in total. The van der Waals surface area contributed by atoms with E-state index in [-0.39, 0.29) is 11.9 Å². The largest absolute Gasteiger partial charge is 0.442 e. The number of ether oxygens (including phenoxy) is 1. The van der Waals surface area contributed by atoms with E-state index in [1.54, 1.807) is 20.8 Å². The molecule has 6 nitrogen and oxygen atoms in total. The Bertz CT molecular complexity index is 317. The third-order valence-electron chi connectivity index (χ3n) is 3.00. The monoisotopic (exact) mass is 272 g/mol. The molecule has 110 valence electrons. The van der Waals surface area contributed by atoms with Crippen LogP contribution in [-0.4, -0.2) is 42.2 Å². The van der Waals surface area contributed by atoms with Gasteiger partial charge in [-0.1, -0.05) is 6.92 Å². The van der Waals surface area contributed by atoms with E-state index in [0.29, 0.717) is 0 Å². The van der Waals surface area contributed by atoms with Crippen molar-refractivity contribution in [2.45, 2.75) is 46.1 Å². The van der Waals surface area contributed by atoms with Gasteiger partial charge in [0.2, 0.25) is 0 Å². The third-order valence-corrected chi connectivity index (χ3v) is 3.00. The van der Waals surface area contributed by atoms with Gasteiger partial charge in [-0.25, -0.2) is 9.59 Å². The Kier molecular flexibility index (Phi) is 5.60. The Morgan fingerprint density at radius 1 is 1.26 bits per heavy atom. The van der Waals surface area contributed by atoms with Gasteiger partial charge in [0.15, 0.2) is 0 Å². The molecule has 1 fully saturated rings. The molecule has 1 rings (SSSR count). The summed E-state index contributed by atoms with van der Waals surface area (Å²) in [6, 6.07) is 0. The lowest BCUT2D eigenvalue weighted by Crippen LogP contribution is -2.40. The molecule has 1 aliphatic heterocycles. The lowest BCUT2D eigenvalue weighted by atomic mass is 9.97. The number of likely N-dealkylation sites (tertiary alicyclic amines) is 1. The minimum Gasteiger partial charge on any atom is -0.442 e. The number of rotatable bonds is 2. The van der Waals surface area contributed by atoms with E-state index in [0.717, 1.165) is 32.5 Å². The summed E-state index contributed by atoms with van der Waals surface area (Å²) in [5.41, 5.74) is 1.43. The van der Waals surface area contributed by atoms with E-state index in [2.05, 4.69) is 11.8 Å². The van der Waals surface area contributed by atoms with E-state index >= 15 is 0 Å². The molecule has 0 bridgehead atoms. The predicted octanol–water partition coefficient (Wildman–Crippen LogP) is 1.70. The standard InChI is InChI=1S/C13H24N2O4/c1-5-15-8-6-10(7-9-15)11(16)19-14-12(17)18-13(2,3)4/h10H,5-9H2,1-4H3,(H,14,17). The second-order valence-electron chi connectivity index (χ2n) is 5.73. The van der Waals surface area contributed by atoms with Crippen LogP contribution in [0, 0.1) is 5.92 Å². The first kappa shape index (κ1) is 15.8. The van der Waals surface area contributed by atoms with Gasteiger partial charge in [0.1, 0.15) is 5.60 Å². The number of nitrogens with zero attached hydrogens (tertiary/aromatic N) is 1. The van der Waals surface area contributed by atoms with Crippen molar-refractivity contribution in [1.82, 2.24) is 10.4 Å². The van der Waals surface area contributed by atoms with Crippen LogP contribution in [0.3, 0.4) is 0 Å². The van der Waals surface area contributed by atoms with Crippen LogP contribution in [0.4, 0.5) is 4.79 Å². The molecule has 0 radical (unpaired) electrons. The molecular weight excluding hydrogens is 248 g/mol. The molecule has 0 aromatic heterocycles. The number of hydrogen-bond donors (Lipinski definition) is 1. The molecule has 1 saturated heterocycles. The van der Waals surface area contributed by atoms with Crippen LogP contribution in [0.1, 0.15) is 40.5 Å². The second kappa shape index (κ2) is 6.75. The van der Waals surface area contributed by atoms with E-state index in [4.69, 9.17) is 9.57 Å². The number of piperidine rings is 1. The molecule has 6 heteroatoms. The van der Waals surface area contributed by atoms with Gasteiger partial charge in [-0.15, -0.1) is 5.48 Å². The van der Waals surface area contributed by atoms with Gasteiger partial charge in [0.25, 0.3) is 0 Å². The van der Waals surface area contributed by atoms with Crippen LogP contribution in [0.15, 0.2) is 0 Å². The predicted molar refractivity (Wildman–Crippen MR) is 70.3 cm³/mol. The second-order valence-corrected chi connectivity index (χ2v) is 5.73. The van der Waals surface area contributed by atoms with Crippen LogP contribution in [0.5, 0.6) is 0 Å². The average Bonchev–Trinajstić information content (AvgIpc) is 2.34. The van der Waals surface area contributed by atoms with Crippen LogP contribution >= 0.6 is 0 Å². The number of hydroxylamine groups is 1. The highest BCUT2D eigenvalue weighted by molar-refractivity contribution is 5.75. The van der Waals surface area contributed by atoms with E-state index < -0.39 is 11.7 Å². The van der Waals surface area contributed by atoms with Gasteiger partial charge in [-0.2, -0.15) is 0 Å². The highest BCUT2D eigenvalue weighted by Gasteiger charge is 2.26. The Hall–Kier alpha value is -1.30. The van der Waals surface area contributed by atoms with Gasteiger partial charge in [-0.3, -0.25) is 0 Å². The Morgan fingerprint density at radius 2 is 1.84 bits per heavy atom. The summed E-state index contributed by atoms with van der Waals surface area (Å²) in [6.07, 6.45) is 0.789. The zero-order valence-corrected chi connectivity index (χ0v) is 12.2. The van der Waals surface area contributed by atoms with Gasteiger partial charge in [0, 0.05) is 0 Å². The molecule has 0 atom stereocenters. The molecule has 0 unspecified atom stereocenters. The van der Waals surface area contributed by atoms with E-state index in [1.807, 2.05) is 5.48 Å². The Morgan fingerprint density at radius 3 is 2.32 bits per heavy atom. The van der Waals surface area contributed by atoms with Crippen molar-refractivity contribution in [3.63, 3.8) is 0 Å². The summed E-state index contributed by atoms with van der Waals surface area (Å²) >= 11 is 0. The molecule has 1 aliphatic rings. The highest BCUT2D eigenvalue weighted by Crippen LogP contribution is 2.18. The van der Waals surface area contributed by atoms with Crippen molar-refractivity contribution in [2.75, 3.05) is 19.6 Å². The summed E-state index contributed by atoms with van der Waals surface area (Å²) in [5.74, 6) is -0.528. The highest BCUT2D eigenvalue weighted by atomic mass is 16.7. The smallest absolute Gasteiger partial charge is 0.441 e. The molecule has 0 saturated carbocycles. The van der Waals surface area contributed by atoms with Crippen LogP contribution in [-0.2, 0) is 14.4 Å². The maximum atomic E-state index is 11.8. The molecular formula is C13H24N2O4. The summed E-state index contributed by atoms with van der Waals surface area (Å²) in [4.78, 5) is 30.1. The molecule has 0 spiro atoms. The van der Waals surface area contributed by atoms with Crippen molar-refractivity contribution in [3.05, 3.63) is 0 Å². The fourth-order valence-corrected chi connectivity index (χ4v) is 1.96. The van der Waals surface area contributed by atoms with Crippen LogP contribution in [0.2, 0.25) is 0 Å². The maximum absolute atomic E-state index is 11.8. The van der Waals surface area contributed by atoms with E-state index in [1.165, 1.54) is 0 Å². The molecule has 1 amide bonds. The first-order valence-corrected chi connectivity index (χ1v) is 6.74. The molecule has 19 heavy (non-hydrogen) atoms. The maximum Gasteiger partial charge on any atom is 0.441 e. The molecule has 0 aromatic carbocycles. The van der Waals surface area contributed by atoms with E-state index in [9.17, 15) is 9.59 Å². The lowest BCUT2D eigenvalue weighted by Gasteiger charge is -2.29. The average molecular weight is 272 g/mol. The minimum absolute atomic E-state index is 0.141. The molecule has 0 aliphatic carbocycles. The zero-order valence-electron chi connectivity index (χ0n) is 12.2. The summed E-state index contributed by atoms with van der Waals surface area (Å²) in [6.45, 7) is 10.1. The van der Waals surface area contributed by atoms with Crippen molar-refractivity contribution in [1.29, 1.82) is 0 Å². The third kappa shape index (κ3) is 5.92. The fourth-order valence-electron chi connectivity index (χ4n) is 1.96. The number of carbonyl (C=O) groups is 2. The molecule has 1 heterocycles. The summed E-state index contributed by atoms with van der Waals surface area (Å²) in [5, 5.41) is 0. The number of hydrogen-bond acceptors (Lipinski definition) is 5. The number of carbonyl (C=O) groups excluding carboxylic acids is 2. The van der Waals surface area contributed by atoms with Crippen LogP contribution in [0.25, 0.3) is 0 Å². The van der Waals surface area contributed by atoms with Crippen molar-refractivity contribution >= 4 is 12.1 Å². The van der Waals surface area contributed by atoms with Gasteiger partial charge < -0.3 is 14.5 Å². The van der Waals surface area contributed by atoms with Gasteiger partial charge >= 0.3 is 12.1 Å². The Labute approximate surface area is 114 Å². The van der Waals surface area contributed by atoms with Gasteiger partial charge in [0.05, 0.1) is 5.92 Å².